The molecule has 124 valence electrons. The lowest BCUT2D eigenvalue weighted by Gasteiger charge is -2.17. The smallest absolute Gasteiger partial charge is 0.260 e. The molecule has 3 rings (SSSR count). The van der Waals surface area contributed by atoms with E-state index in [1.165, 1.54) is 0 Å². The summed E-state index contributed by atoms with van der Waals surface area (Å²) in [5.41, 5.74) is 3.12. The first-order valence-corrected chi connectivity index (χ1v) is 8.63. The monoisotopic (exact) mass is 340 g/mol. The van der Waals surface area contributed by atoms with Crippen LogP contribution in [0.4, 0.5) is 0 Å². The van der Waals surface area contributed by atoms with Crippen LogP contribution in [0.5, 0.6) is 5.75 Å². The van der Waals surface area contributed by atoms with Crippen molar-refractivity contribution in [2.24, 2.45) is 0 Å². The van der Waals surface area contributed by atoms with Gasteiger partial charge >= 0.3 is 0 Å². The number of rotatable bonds is 5. The fraction of sp³-hybridized carbons (Fsp3) is 0.263. The van der Waals surface area contributed by atoms with Gasteiger partial charge in [0.05, 0.1) is 16.8 Å². The topological polar surface area (TPSA) is 42.4 Å². The minimum Gasteiger partial charge on any atom is -0.483 e. The summed E-state index contributed by atoms with van der Waals surface area (Å²) in [5, 5.41) is 0.929. The molecule has 0 fully saturated rings. The molecule has 4 nitrogen and oxygen atoms in total. The fourth-order valence-corrected chi connectivity index (χ4v) is 3.41. The van der Waals surface area contributed by atoms with Crippen LogP contribution in [-0.2, 0) is 11.3 Å². The van der Waals surface area contributed by atoms with Crippen LogP contribution in [-0.4, -0.2) is 29.4 Å². The van der Waals surface area contributed by atoms with E-state index in [1.54, 1.807) is 23.3 Å². The Balaban J connectivity index is 1.61. The number of likely N-dealkylation sites (N-methyl/N-ethyl adjacent to an activating group) is 1. The zero-order valence-electron chi connectivity index (χ0n) is 14.1. The average molecular weight is 340 g/mol. The lowest BCUT2D eigenvalue weighted by Crippen LogP contribution is -2.31. The number of aryl methyl sites for hydroxylation is 2. The quantitative estimate of drug-likeness (QED) is 0.706. The molecule has 0 spiro atoms. The van der Waals surface area contributed by atoms with Crippen LogP contribution < -0.4 is 4.74 Å². The van der Waals surface area contributed by atoms with Gasteiger partial charge < -0.3 is 9.64 Å². The summed E-state index contributed by atoms with van der Waals surface area (Å²) in [6.45, 7) is 4.51. The van der Waals surface area contributed by atoms with Crippen molar-refractivity contribution in [2.75, 3.05) is 13.7 Å². The van der Waals surface area contributed by atoms with Gasteiger partial charge in [0.15, 0.2) is 6.61 Å². The van der Waals surface area contributed by atoms with Crippen LogP contribution >= 0.6 is 11.3 Å². The second kappa shape index (κ2) is 7.01. The van der Waals surface area contributed by atoms with Crippen LogP contribution in [0, 0.1) is 13.8 Å². The summed E-state index contributed by atoms with van der Waals surface area (Å²) < 4.78 is 6.83. The summed E-state index contributed by atoms with van der Waals surface area (Å²) in [6, 6.07) is 14.0. The predicted molar refractivity (Wildman–Crippen MR) is 97.5 cm³/mol. The van der Waals surface area contributed by atoms with E-state index in [2.05, 4.69) is 4.98 Å². The second-order valence-electron chi connectivity index (χ2n) is 5.88. The molecular weight excluding hydrogens is 320 g/mol. The molecule has 5 heteroatoms. The maximum Gasteiger partial charge on any atom is 0.260 e. The van der Waals surface area contributed by atoms with Gasteiger partial charge in [0.2, 0.25) is 0 Å². The first kappa shape index (κ1) is 16.5. The van der Waals surface area contributed by atoms with E-state index in [-0.39, 0.29) is 12.5 Å². The third kappa shape index (κ3) is 3.74. The van der Waals surface area contributed by atoms with Crippen molar-refractivity contribution >= 4 is 27.5 Å². The highest BCUT2D eigenvalue weighted by Gasteiger charge is 2.13. The zero-order valence-corrected chi connectivity index (χ0v) is 14.9. The van der Waals surface area contributed by atoms with Crippen LogP contribution in [0.2, 0.25) is 0 Å². The standard InChI is InChI=1S/C19H20N2O2S/c1-13-8-9-14(2)16(10-13)23-12-19(22)21(3)11-18-20-15-6-4-5-7-17(15)24-18/h4-10H,11-12H2,1-3H3. The molecule has 0 atom stereocenters. The molecule has 0 aliphatic heterocycles. The molecule has 0 unspecified atom stereocenters. The van der Waals surface area contributed by atoms with Gasteiger partial charge in [-0.15, -0.1) is 11.3 Å². The molecule has 0 saturated heterocycles. The molecule has 0 bridgehead atoms. The van der Waals surface area contributed by atoms with Gasteiger partial charge in [-0.3, -0.25) is 4.79 Å². The third-order valence-corrected chi connectivity index (χ3v) is 4.85. The van der Waals surface area contributed by atoms with Gasteiger partial charge in [0.1, 0.15) is 10.8 Å². The van der Waals surface area contributed by atoms with Gasteiger partial charge in [-0.05, 0) is 43.2 Å². The largest absolute Gasteiger partial charge is 0.483 e. The molecule has 0 saturated carbocycles. The van der Waals surface area contributed by atoms with E-state index in [1.807, 2.05) is 56.3 Å². The molecular formula is C19H20N2O2S. The molecule has 3 aromatic rings. The highest BCUT2D eigenvalue weighted by Crippen LogP contribution is 2.23. The Morgan fingerprint density at radius 3 is 2.79 bits per heavy atom. The van der Waals surface area contributed by atoms with Gasteiger partial charge in [0, 0.05) is 7.05 Å². The lowest BCUT2D eigenvalue weighted by molar-refractivity contribution is -0.132. The molecule has 1 amide bonds. The first-order valence-electron chi connectivity index (χ1n) is 7.81. The van der Waals surface area contributed by atoms with Crippen molar-refractivity contribution < 1.29 is 9.53 Å². The Morgan fingerprint density at radius 1 is 1.21 bits per heavy atom. The lowest BCUT2D eigenvalue weighted by atomic mass is 10.1. The van der Waals surface area contributed by atoms with Gasteiger partial charge in [-0.2, -0.15) is 0 Å². The maximum atomic E-state index is 12.3. The number of ether oxygens (including phenoxy) is 1. The third-order valence-electron chi connectivity index (χ3n) is 3.83. The van der Waals surface area contributed by atoms with E-state index >= 15 is 0 Å². The number of para-hydroxylation sites is 1. The second-order valence-corrected chi connectivity index (χ2v) is 7.00. The normalized spacial score (nSPS) is 10.8. The van der Waals surface area contributed by atoms with Gasteiger partial charge in [0.25, 0.3) is 5.91 Å². The number of amides is 1. The number of hydrogen-bond donors (Lipinski definition) is 0. The SMILES string of the molecule is Cc1ccc(C)c(OCC(=O)N(C)Cc2nc3ccccc3s2)c1. The summed E-state index contributed by atoms with van der Waals surface area (Å²) in [5.74, 6) is 0.701. The van der Waals surface area contributed by atoms with Crippen LogP contribution in [0.3, 0.4) is 0 Å². The molecule has 0 N–H and O–H groups in total. The number of benzene rings is 2. The van der Waals surface area contributed by atoms with Crippen molar-refractivity contribution in [3.8, 4) is 5.75 Å². The number of carbonyl (C=O) groups excluding carboxylic acids is 1. The number of fused-ring (bicyclic) bond motifs is 1. The van der Waals surface area contributed by atoms with Crippen molar-refractivity contribution in [3.05, 3.63) is 58.6 Å². The summed E-state index contributed by atoms with van der Waals surface area (Å²) in [6.07, 6.45) is 0. The Hall–Kier alpha value is -2.40. The van der Waals surface area contributed by atoms with E-state index in [9.17, 15) is 4.79 Å². The number of carbonyl (C=O) groups is 1. The number of thiazole rings is 1. The molecule has 0 aliphatic carbocycles. The van der Waals surface area contributed by atoms with Gasteiger partial charge in [-0.1, -0.05) is 24.3 Å². The van der Waals surface area contributed by atoms with Crippen LogP contribution in [0.1, 0.15) is 16.1 Å². The molecule has 2 aromatic carbocycles. The fourth-order valence-electron chi connectivity index (χ4n) is 2.39. The highest BCUT2D eigenvalue weighted by atomic mass is 32.1. The highest BCUT2D eigenvalue weighted by molar-refractivity contribution is 7.18. The predicted octanol–water partition coefficient (Wildman–Crippen LogP) is 3.95. The number of hydrogen-bond acceptors (Lipinski definition) is 4. The van der Waals surface area contributed by atoms with Gasteiger partial charge in [-0.25, -0.2) is 4.98 Å². The van der Waals surface area contributed by atoms with Crippen molar-refractivity contribution in [2.45, 2.75) is 20.4 Å². The Kier molecular flexibility index (Phi) is 4.81. The summed E-state index contributed by atoms with van der Waals surface area (Å²) in [4.78, 5) is 18.5. The minimum atomic E-state index is -0.0600. The van der Waals surface area contributed by atoms with E-state index in [0.717, 1.165) is 32.1 Å². The van der Waals surface area contributed by atoms with Crippen molar-refractivity contribution in [1.29, 1.82) is 0 Å². The number of nitrogens with zero attached hydrogens (tertiary/aromatic N) is 2. The van der Waals surface area contributed by atoms with Crippen LogP contribution in [0.25, 0.3) is 10.2 Å². The summed E-state index contributed by atoms with van der Waals surface area (Å²) >= 11 is 1.62. The molecule has 24 heavy (non-hydrogen) atoms. The van der Waals surface area contributed by atoms with E-state index < -0.39 is 0 Å². The molecule has 0 radical (unpaired) electrons. The Morgan fingerprint density at radius 2 is 2.00 bits per heavy atom. The average Bonchev–Trinajstić information content (AvgIpc) is 2.97. The summed E-state index contributed by atoms with van der Waals surface area (Å²) in [7, 11) is 1.78. The first-order chi connectivity index (χ1) is 11.5. The van der Waals surface area contributed by atoms with Crippen LogP contribution in [0.15, 0.2) is 42.5 Å². The Labute approximate surface area is 145 Å². The van der Waals surface area contributed by atoms with E-state index in [0.29, 0.717) is 6.54 Å². The molecule has 1 heterocycles. The van der Waals surface area contributed by atoms with Crippen molar-refractivity contribution in [3.63, 3.8) is 0 Å². The number of aromatic nitrogens is 1. The van der Waals surface area contributed by atoms with Crippen molar-refractivity contribution in [1.82, 2.24) is 9.88 Å². The van der Waals surface area contributed by atoms with E-state index in [4.69, 9.17) is 4.74 Å². The zero-order chi connectivity index (χ0) is 17.1. The molecule has 0 aliphatic rings. The Bertz CT molecular complexity index is 840. The minimum absolute atomic E-state index is 0.0334. The maximum absolute atomic E-state index is 12.3. The molecule has 1 aromatic heterocycles.